The highest BCUT2D eigenvalue weighted by atomic mass is 19.4. The summed E-state index contributed by atoms with van der Waals surface area (Å²) in [7, 11) is 0. The second-order valence-corrected chi connectivity index (χ2v) is 3.31. The number of rotatable bonds is 2. The van der Waals surface area contributed by atoms with E-state index in [1.165, 1.54) is 13.0 Å². The molecule has 0 aromatic heterocycles. The number of alkyl halides is 3. The van der Waals surface area contributed by atoms with Crippen LogP contribution in [-0.2, 0) is 0 Å². The molecule has 1 N–H and O–H groups in total. The quantitative estimate of drug-likeness (QED) is 0.846. The molecule has 0 spiro atoms. The summed E-state index contributed by atoms with van der Waals surface area (Å²) in [6.07, 6.45) is -4.50. The van der Waals surface area contributed by atoms with Crippen LogP contribution in [0.5, 0.6) is 0 Å². The van der Waals surface area contributed by atoms with E-state index in [4.69, 9.17) is 5.11 Å². The number of halogens is 3. The molecular formula is C11H9F3O2. The molecule has 0 heterocycles. The minimum atomic E-state index is -4.50. The van der Waals surface area contributed by atoms with Crippen LogP contribution in [0, 0.1) is 6.92 Å². The number of aromatic carboxylic acids is 1. The Bertz CT molecular complexity index is 447. The summed E-state index contributed by atoms with van der Waals surface area (Å²) in [6.45, 7) is 4.38. The predicted molar refractivity (Wildman–Crippen MR) is 53.2 cm³/mol. The molecular weight excluding hydrogens is 221 g/mol. The molecule has 2 nitrogen and oxygen atoms in total. The molecule has 1 rings (SSSR count). The van der Waals surface area contributed by atoms with Crippen molar-refractivity contribution in [3.05, 3.63) is 41.5 Å². The van der Waals surface area contributed by atoms with Crippen molar-refractivity contribution in [2.45, 2.75) is 13.1 Å². The summed E-state index contributed by atoms with van der Waals surface area (Å²) in [5.41, 5.74) is -0.836. The van der Waals surface area contributed by atoms with Gasteiger partial charge in [0.05, 0.1) is 11.1 Å². The monoisotopic (exact) mass is 230 g/mol. The lowest BCUT2D eigenvalue weighted by Gasteiger charge is -2.11. The maximum atomic E-state index is 12.3. The van der Waals surface area contributed by atoms with Gasteiger partial charge in [0.2, 0.25) is 0 Å². The van der Waals surface area contributed by atoms with Gasteiger partial charge in [-0.25, -0.2) is 4.79 Å². The maximum absolute atomic E-state index is 12.3. The Morgan fingerprint density at radius 1 is 1.38 bits per heavy atom. The number of carbonyl (C=O) groups is 1. The highest BCUT2D eigenvalue weighted by Gasteiger charge is 2.33. The first kappa shape index (κ1) is 12.3. The second kappa shape index (κ2) is 4.00. The number of benzene rings is 1. The number of hydrogen-bond acceptors (Lipinski definition) is 1. The molecule has 0 aliphatic rings. The van der Waals surface area contributed by atoms with Crippen molar-refractivity contribution in [2.75, 3.05) is 0 Å². The Hall–Kier alpha value is -1.78. The van der Waals surface area contributed by atoms with Crippen LogP contribution in [0.4, 0.5) is 13.2 Å². The third kappa shape index (κ3) is 2.42. The zero-order valence-electron chi connectivity index (χ0n) is 8.43. The number of carboxylic acids is 1. The smallest absolute Gasteiger partial charge is 0.416 e. The number of carboxylic acid groups (broad SMARTS) is 1. The Kier molecular flexibility index (Phi) is 3.07. The van der Waals surface area contributed by atoms with E-state index < -0.39 is 17.7 Å². The van der Waals surface area contributed by atoms with Crippen LogP contribution in [0.3, 0.4) is 0 Å². The van der Waals surface area contributed by atoms with Gasteiger partial charge in [0.1, 0.15) is 0 Å². The summed E-state index contributed by atoms with van der Waals surface area (Å²) >= 11 is 0. The lowest BCUT2D eigenvalue weighted by molar-refractivity contribution is -0.0686. The molecule has 0 saturated heterocycles. The van der Waals surface area contributed by atoms with Gasteiger partial charge in [0, 0.05) is 0 Å². The first-order valence-corrected chi connectivity index (χ1v) is 4.34. The summed E-state index contributed by atoms with van der Waals surface area (Å²) in [4.78, 5) is 10.7. The van der Waals surface area contributed by atoms with E-state index in [2.05, 4.69) is 6.58 Å². The van der Waals surface area contributed by atoms with Gasteiger partial charge in [-0.3, -0.25) is 0 Å². The molecule has 0 saturated carbocycles. The molecule has 0 aliphatic carbocycles. The van der Waals surface area contributed by atoms with E-state index in [-0.39, 0.29) is 16.7 Å². The van der Waals surface area contributed by atoms with Crippen LogP contribution in [0.15, 0.2) is 24.8 Å². The largest absolute Gasteiger partial charge is 0.478 e. The van der Waals surface area contributed by atoms with Crippen LogP contribution < -0.4 is 0 Å². The topological polar surface area (TPSA) is 37.3 Å². The van der Waals surface area contributed by atoms with E-state index in [0.29, 0.717) is 0 Å². The van der Waals surface area contributed by atoms with Crippen molar-refractivity contribution >= 4 is 11.5 Å². The van der Waals surface area contributed by atoms with Gasteiger partial charge in [0.15, 0.2) is 0 Å². The minimum Gasteiger partial charge on any atom is -0.478 e. The van der Waals surface area contributed by atoms with Gasteiger partial charge in [-0.1, -0.05) is 18.7 Å². The van der Waals surface area contributed by atoms with Crippen LogP contribution in [0.1, 0.15) is 21.5 Å². The first-order chi connectivity index (χ1) is 7.23. The van der Waals surface area contributed by atoms with Crippen molar-refractivity contribution < 1.29 is 23.1 Å². The van der Waals surface area contributed by atoms with Gasteiger partial charge in [-0.15, -0.1) is 0 Å². The lowest BCUT2D eigenvalue weighted by atomic mass is 10.0. The standard InChI is InChI=1S/C11H9F3O2/c1-6-5-8(7(2)11(12,13)14)3-4-9(6)10(15)16/h3-5H,2H2,1H3,(H,15,16). The number of hydrogen-bond donors (Lipinski definition) is 1. The van der Waals surface area contributed by atoms with E-state index in [1.807, 2.05) is 0 Å². The molecule has 16 heavy (non-hydrogen) atoms. The first-order valence-electron chi connectivity index (χ1n) is 4.34. The third-order valence-electron chi connectivity index (χ3n) is 2.15. The maximum Gasteiger partial charge on any atom is 0.416 e. The van der Waals surface area contributed by atoms with E-state index in [0.717, 1.165) is 12.1 Å². The molecule has 0 amide bonds. The molecule has 0 atom stereocenters. The van der Waals surface area contributed by atoms with Gasteiger partial charge in [0.25, 0.3) is 0 Å². The van der Waals surface area contributed by atoms with Crippen molar-refractivity contribution in [1.82, 2.24) is 0 Å². The fourth-order valence-electron chi connectivity index (χ4n) is 1.26. The van der Waals surface area contributed by atoms with Crippen molar-refractivity contribution in [1.29, 1.82) is 0 Å². The zero-order valence-corrected chi connectivity index (χ0v) is 8.43. The molecule has 0 unspecified atom stereocenters. The van der Waals surface area contributed by atoms with Gasteiger partial charge >= 0.3 is 12.1 Å². The van der Waals surface area contributed by atoms with Crippen LogP contribution in [0.2, 0.25) is 0 Å². The summed E-state index contributed by atoms with van der Waals surface area (Å²) in [5.74, 6) is -1.17. The molecule has 0 aliphatic heterocycles. The highest BCUT2D eigenvalue weighted by Crippen LogP contribution is 2.32. The Labute approximate surface area is 90.0 Å². The van der Waals surface area contributed by atoms with Crippen LogP contribution in [0.25, 0.3) is 5.57 Å². The minimum absolute atomic E-state index is 0.0151. The lowest BCUT2D eigenvalue weighted by Crippen LogP contribution is -2.10. The molecule has 86 valence electrons. The Morgan fingerprint density at radius 3 is 2.31 bits per heavy atom. The van der Waals surface area contributed by atoms with Crippen LogP contribution >= 0.6 is 0 Å². The fourth-order valence-corrected chi connectivity index (χ4v) is 1.26. The zero-order chi connectivity index (χ0) is 12.5. The summed E-state index contributed by atoms with van der Waals surface area (Å²) < 4.78 is 36.9. The fraction of sp³-hybridized carbons (Fsp3) is 0.182. The average Bonchev–Trinajstić information content (AvgIpc) is 2.14. The van der Waals surface area contributed by atoms with Crippen molar-refractivity contribution in [3.8, 4) is 0 Å². The average molecular weight is 230 g/mol. The molecule has 1 aromatic carbocycles. The number of allylic oxidation sites excluding steroid dienone is 1. The molecule has 0 radical (unpaired) electrons. The normalized spacial score (nSPS) is 11.2. The van der Waals surface area contributed by atoms with Gasteiger partial charge in [-0.2, -0.15) is 13.2 Å². The van der Waals surface area contributed by atoms with Gasteiger partial charge < -0.3 is 5.11 Å². The van der Waals surface area contributed by atoms with Crippen molar-refractivity contribution in [2.24, 2.45) is 0 Å². The second-order valence-electron chi connectivity index (χ2n) is 3.31. The Morgan fingerprint density at radius 2 is 1.94 bits per heavy atom. The molecule has 0 fully saturated rings. The third-order valence-corrected chi connectivity index (χ3v) is 2.15. The molecule has 1 aromatic rings. The van der Waals surface area contributed by atoms with Gasteiger partial charge in [-0.05, 0) is 24.1 Å². The molecule has 5 heteroatoms. The number of aryl methyl sites for hydroxylation is 1. The van der Waals surface area contributed by atoms with E-state index in [9.17, 15) is 18.0 Å². The van der Waals surface area contributed by atoms with E-state index in [1.54, 1.807) is 0 Å². The van der Waals surface area contributed by atoms with Crippen LogP contribution in [-0.4, -0.2) is 17.3 Å². The summed E-state index contributed by atoms with van der Waals surface area (Å²) in [5, 5.41) is 8.71. The van der Waals surface area contributed by atoms with E-state index >= 15 is 0 Å². The predicted octanol–water partition coefficient (Wildman–Crippen LogP) is 3.27. The Balaban J connectivity index is 3.17. The SMILES string of the molecule is C=C(c1ccc(C(=O)O)c(C)c1)C(F)(F)F. The molecule has 0 bridgehead atoms. The van der Waals surface area contributed by atoms with Crippen molar-refractivity contribution in [3.63, 3.8) is 0 Å². The summed E-state index contributed by atoms with van der Waals surface area (Å²) in [6, 6.07) is 3.41. The highest BCUT2D eigenvalue weighted by molar-refractivity contribution is 5.90.